The van der Waals surface area contributed by atoms with E-state index < -0.39 is 48.7 Å². The van der Waals surface area contributed by atoms with Gasteiger partial charge in [0.05, 0.1) is 12.9 Å². The molecule has 3 rings (SSSR count). The second kappa shape index (κ2) is 6.40. The van der Waals surface area contributed by atoms with Crippen LogP contribution in [-0.4, -0.2) is 76.9 Å². The predicted molar refractivity (Wildman–Crippen MR) is 81.9 cm³/mol. The standard InChI is InChI=1S/C13H17N5O7/c1-4(12(23)24)15-13-16-9-6(10(22)17-13)14-3-18(9)11-8(21)7(20)5(2-19)25-11/h3-5,7-8,11,19-21H,2H2,1H3,(H,23,24)(H2,15,16,17,22)/t4?,5-,7-,8-,11-/m1/s1. The van der Waals surface area contributed by atoms with Crippen LogP contribution in [0.4, 0.5) is 5.95 Å². The molecule has 5 atom stereocenters. The third-order valence-corrected chi connectivity index (χ3v) is 3.95. The summed E-state index contributed by atoms with van der Waals surface area (Å²) in [6, 6.07) is -1.01. The minimum Gasteiger partial charge on any atom is -0.480 e. The first-order valence-corrected chi connectivity index (χ1v) is 7.42. The lowest BCUT2D eigenvalue weighted by Gasteiger charge is -2.17. The summed E-state index contributed by atoms with van der Waals surface area (Å²) in [6.45, 7) is 0.869. The van der Waals surface area contributed by atoms with E-state index in [0.29, 0.717) is 0 Å². The molecular weight excluding hydrogens is 338 g/mol. The number of carbonyl (C=O) groups is 1. The van der Waals surface area contributed by atoms with Crippen molar-refractivity contribution in [1.29, 1.82) is 0 Å². The topological polar surface area (TPSA) is 183 Å². The van der Waals surface area contributed by atoms with E-state index >= 15 is 0 Å². The van der Waals surface area contributed by atoms with Gasteiger partial charge in [-0.3, -0.25) is 19.1 Å². The first-order valence-electron chi connectivity index (χ1n) is 7.42. The highest BCUT2D eigenvalue weighted by Gasteiger charge is 2.44. The van der Waals surface area contributed by atoms with E-state index in [9.17, 15) is 19.8 Å². The maximum absolute atomic E-state index is 12.1. The minimum atomic E-state index is -1.37. The van der Waals surface area contributed by atoms with Gasteiger partial charge in [0.1, 0.15) is 24.4 Å². The number of rotatable bonds is 5. The zero-order valence-electron chi connectivity index (χ0n) is 13.0. The lowest BCUT2D eigenvalue weighted by molar-refractivity contribution is -0.137. The van der Waals surface area contributed by atoms with Gasteiger partial charge >= 0.3 is 5.97 Å². The van der Waals surface area contributed by atoms with Crippen LogP contribution >= 0.6 is 0 Å². The van der Waals surface area contributed by atoms with Crippen LogP contribution in [0.5, 0.6) is 0 Å². The molecule has 2 aromatic rings. The largest absolute Gasteiger partial charge is 0.480 e. The molecule has 12 heteroatoms. The van der Waals surface area contributed by atoms with Crippen molar-refractivity contribution >= 4 is 23.1 Å². The van der Waals surface area contributed by atoms with Gasteiger partial charge in [-0.1, -0.05) is 0 Å². The zero-order valence-corrected chi connectivity index (χ0v) is 13.0. The summed E-state index contributed by atoms with van der Waals surface area (Å²) in [5.74, 6) is -1.24. The highest BCUT2D eigenvalue weighted by Crippen LogP contribution is 2.30. The van der Waals surface area contributed by atoms with Crippen molar-refractivity contribution in [3.63, 3.8) is 0 Å². The summed E-state index contributed by atoms with van der Waals surface area (Å²) in [4.78, 5) is 33.4. The summed E-state index contributed by atoms with van der Waals surface area (Å²) in [5, 5.41) is 40.6. The Morgan fingerprint density at radius 3 is 2.80 bits per heavy atom. The normalized spacial score (nSPS) is 27.5. The SMILES string of the molecule is CC(Nc1nc2c(ncn2[C@@H]2O[C@H](CO)[C@@H](O)[C@H]2O)c(=O)[nH]1)C(=O)O. The Bertz CT molecular complexity index is 849. The Morgan fingerprint density at radius 2 is 2.20 bits per heavy atom. The Labute approximate surface area is 139 Å². The van der Waals surface area contributed by atoms with Gasteiger partial charge in [-0.2, -0.15) is 4.98 Å². The molecule has 0 aromatic carbocycles. The van der Waals surface area contributed by atoms with E-state index in [-0.39, 0.29) is 17.1 Å². The molecule has 0 spiro atoms. The summed E-state index contributed by atoms with van der Waals surface area (Å²) in [5.41, 5.74) is -0.638. The second-order valence-corrected chi connectivity index (χ2v) is 5.67. The molecule has 1 saturated heterocycles. The quantitative estimate of drug-likeness (QED) is 0.338. The Hall–Kier alpha value is -2.54. The number of imidazole rings is 1. The summed E-state index contributed by atoms with van der Waals surface area (Å²) in [6.07, 6.45) is -3.60. The first-order chi connectivity index (χ1) is 11.8. The molecule has 136 valence electrons. The molecule has 1 unspecified atom stereocenters. The van der Waals surface area contributed by atoms with Gasteiger partial charge in [-0.05, 0) is 6.92 Å². The number of aliphatic hydroxyl groups is 3. The average molecular weight is 355 g/mol. The van der Waals surface area contributed by atoms with Gasteiger partial charge in [-0.25, -0.2) is 4.98 Å². The molecule has 1 aliphatic heterocycles. The van der Waals surface area contributed by atoms with Crippen molar-refractivity contribution in [2.75, 3.05) is 11.9 Å². The highest BCUT2D eigenvalue weighted by molar-refractivity contribution is 5.77. The molecule has 0 amide bonds. The molecule has 0 aliphatic carbocycles. The number of fused-ring (bicyclic) bond motifs is 1. The molecule has 0 radical (unpaired) electrons. The molecule has 0 bridgehead atoms. The lowest BCUT2D eigenvalue weighted by atomic mass is 10.1. The van der Waals surface area contributed by atoms with Crippen molar-refractivity contribution in [2.45, 2.75) is 37.5 Å². The van der Waals surface area contributed by atoms with Crippen LogP contribution in [0.2, 0.25) is 0 Å². The maximum atomic E-state index is 12.1. The molecule has 1 aliphatic rings. The van der Waals surface area contributed by atoms with Crippen LogP contribution in [0, 0.1) is 0 Å². The van der Waals surface area contributed by atoms with E-state index in [4.69, 9.17) is 14.9 Å². The van der Waals surface area contributed by atoms with Crippen LogP contribution in [0.25, 0.3) is 11.2 Å². The molecule has 6 N–H and O–H groups in total. The van der Waals surface area contributed by atoms with Gasteiger partial charge < -0.3 is 30.5 Å². The van der Waals surface area contributed by atoms with Crippen LogP contribution in [0.15, 0.2) is 11.1 Å². The number of carboxylic acid groups (broad SMARTS) is 1. The number of nitrogens with one attached hydrogen (secondary N) is 2. The number of hydrogen-bond acceptors (Lipinski definition) is 9. The van der Waals surface area contributed by atoms with Gasteiger partial charge in [0.15, 0.2) is 17.4 Å². The number of aliphatic hydroxyl groups excluding tert-OH is 3. The van der Waals surface area contributed by atoms with E-state index in [1.165, 1.54) is 17.8 Å². The van der Waals surface area contributed by atoms with E-state index in [2.05, 4.69) is 20.3 Å². The number of anilines is 1. The maximum Gasteiger partial charge on any atom is 0.325 e. The Morgan fingerprint density at radius 1 is 1.48 bits per heavy atom. The number of aliphatic carboxylic acids is 1. The number of nitrogens with zero attached hydrogens (tertiary/aromatic N) is 3. The summed E-state index contributed by atoms with van der Waals surface area (Å²) >= 11 is 0. The second-order valence-electron chi connectivity index (χ2n) is 5.67. The van der Waals surface area contributed by atoms with Gasteiger partial charge in [-0.15, -0.1) is 0 Å². The smallest absolute Gasteiger partial charge is 0.325 e. The highest BCUT2D eigenvalue weighted by atomic mass is 16.6. The van der Waals surface area contributed by atoms with Crippen molar-refractivity contribution in [2.24, 2.45) is 0 Å². The number of aromatic amines is 1. The number of ether oxygens (including phenoxy) is 1. The number of H-pyrrole nitrogens is 1. The van der Waals surface area contributed by atoms with Gasteiger partial charge in [0.2, 0.25) is 5.95 Å². The van der Waals surface area contributed by atoms with Crippen molar-refractivity contribution < 1.29 is 30.0 Å². The fraction of sp³-hybridized carbons (Fsp3) is 0.538. The van der Waals surface area contributed by atoms with Crippen molar-refractivity contribution in [1.82, 2.24) is 19.5 Å². The van der Waals surface area contributed by atoms with E-state index in [1.54, 1.807) is 0 Å². The first kappa shape index (κ1) is 17.3. The average Bonchev–Trinajstić information content (AvgIpc) is 3.10. The van der Waals surface area contributed by atoms with Crippen LogP contribution < -0.4 is 10.9 Å². The predicted octanol–water partition coefficient (Wildman–Crippen LogP) is -2.38. The molecular formula is C13H17N5O7. The number of hydrogen-bond donors (Lipinski definition) is 6. The monoisotopic (exact) mass is 355 g/mol. The van der Waals surface area contributed by atoms with Gasteiger partial charge in [0.25, 0.3) is 5.56 Å². The Balaban J connectivity index is 2.01. The Kier molecular flexibility index (Phi) is 4.43. The molecule has 12 nitrogen and oxygen atoms in total. The number of carboxylic acids is 1. The third kappa shape index (κ3) is 2.95. The minimum absolute atomic E-state index is 0.0266. The fourth-order valence-electron chi connectivity index (χ4n) is 2.56. The molecule has 2 aromatic heterocycles. The van der Waals surface area contributed by atoms with Crippen LogP contribution in [0.3, 0.4) is 0 Å². The van der Waals surface area contributed by atoms with Crippen molar-refractivity contribution in [3.8, 4) is 0 Å². The van der Waals surface area contributed by atoms with Crippen LogP contribution in [0.1, 0.15) is 13.2 Å². The zero-order chi connectivity index (χ0) is 18.3. The lowest BCUT2D eigenvalue weighted by Crippen LogP contribution is -2.33. The van der Waals surface area contributed by atoms with E-state index in [1.807, 2.05) is 0 Å². The molecule has 3 heterocycles. The van der Waals surface area contributed by atoms with Crippen LogP contribution in [-0.2, 0) is 9.53 Å². The summed E-state index contributed by atoms with van der Waals surface area (Å²) in [7, 11) is 0. The molecule has 1 fully saturated rings. The molecule has 0 saturated carbocycles. The number of aromatic nitrogens is 4. The van der Waals surface area contributed by atoms with E-state index in [0.717, 1.165) is 0 Å². The summed E-state index contributed by atoms with van der Waals surface area (Å²) < 4.78 is 6.63. The third-order valence-electron chi connectivity index (χ3n) is 3.95. The molecule has 25 heavy (non-hydrogen) atoms. The van der Waals surface area contributed by atoms with Gasteiger partial charge in [0, 0.05) is 0 Å². The fourth-order valence-corrected chi connectivity index (χ4v) is 2.56. The van der Waals surface area contributed by atoms with Crippen molar-refractivity contribution in [3.05, 3.63) is 16.7 Å².